The van der Waals surface area contributed by atoms with Crippen molar-refractivity contribution in [1.82, 2.24) is 24.8 Å². The Morgan fingerprint density at radius 1 is 1.22 bits per heavy atom. The number of rotatable bonds is 15. The number of oxime groups is 1. The van der Waals surface area contributed by atoms with Crippen molar-refractivity contribution in [3.63, 3.8) is 0 Å². The van der Waals surface area contributed by atoms with Crippen LogP contribution in [-0.2, 0) is 23.5 Å². The van der Waals surface area contributed by atoms with Crippen LogP contribution in [0.2, 0.25) is 18.1 Å². The maximum Gasteiger partial charge on any atom is 0.471 e. The molecule has 2 aromatic rings. The molecule has 0 unspecified atom stereocenters. The van der Waals surface area contributed by atoms with Gasteiger partial charge >= 0.3 is 12.1 Å². The van der Waals surface area contributed by atoms with Crippen LogP contribution in [-0.4, -0.2) is 109 Å². The van der Waals surface area contributed by atoms with Crippen molar-refractivity contribution in [2.75, 3.05) is 39.8 Å². The van der Waals surface area contributed by atoms with Crippen molar-refractivity contribution in [3.05, 3.63) is 18.1 Å². The first kappa shape index (κ1) is 42.6. The SMILES string of the molecule is CC(C)=NO[C@@H]1C[C@H](n2cc(C#CCOCSSC(C)(C)CNC(=O)C(F)(F)F)c3c(N=CN(C)C)ncnc32)O[C@@H]1CO[Si](C)(C)C(C)(C)C. The molecule has 3 heterocycles. The number of amides is 1. The summed E-state index contributed by atoms with van der Waals surface area (Å²) in [5.74, 6) is 4.93. The first-order valence-electron chi connectivity index (χ1n) is 16.4. The molecule has 1 amide bonds. The van der Waals surface area contributed by atoms with Gasteiger partial charge in [0.2, 0.25) is 0 Å². The Morgan fingerprint density at radius 3 is 2.55 bits per heavy atom. The van der Waals surface area contributed by atoms with Crippen LogP contribution < -0.4 is 5.32 Å². The van der Waals surface area contributed by atoms with Gasteiger partial charge in [0.1, 0.15) is 36.9 Å². The predicted octanol–water partition coefficient (Wildman–Crippen LogP) is 6.91. The van der Waals surface area contributed by atoms with Gasteiger partial charge in [-0.25, -0.2) is 15.0 Å². The van der Waals surface area contributed by atoms with E-state index in [-0.39, 0.29) is 36.3 Å². The second kappa shape index (κ2) is 17.8. The van der Waals surface area contributed by atoms with E-state index < -0.39 is 31.4 Å². The van der Waals surface area contributed by atoms with Gasteiger partial charge in [-0.15, -0.1) is 0 Å². The lowest BCUT2D eigenvalue weighted by Crippen LogP contribution is -2.44. The summed E-state index contributed by atoms with van der Waals surface area (Å²) >= 11 is 0. The molecule has 1 N–H and O–H groups in total. The van der Waals surface area contributed by atoms with E-state index in [9.17, 15) is 18.0 Å². The molecule has 3 atom stereocenters. The van der Waals surface area contributed by atoms with Gasteiger partial charge in [0.25, 0.3) is 0 Å². The van der Waals surface area contributed by atoms with E-state index in [0.29, 0.717) is 35.4 Å². The Morgan fingerprint density at radius 2 is 1.92 bits per heavy atom. The summed E-state index contributed by atoms with van der Waals surface area (Å²) in [7, 11) is 4.28. The Bertz CT molecular complexity index is 1610. The van der Waals surface area contributed by atoms with E-state index in [2.05, 4.69) is 65.8 Å². The summed E-state index contributed by atoms with van der Waals surface area (Å²) < 4.78 is 57.6. The van der Waals surface area contributed by atoms with E-state index in [1.807, 2.05) is 44.0 Å². The lowest BCUT2D eigenvalue weighted by atomic mass is 10.2. The number of carbonyl (C=O) groups is 1. The highest BCUT2D eigenvalue weighted by molar-refractivity contribution is 8.77. The number of halogens is 3. The lowest BCUT2D eigenvalue weighted by molar-refractivity contribution is -0.173. The van der Waals surface area contributed by atoms with Gasteiger partial charge in [-0.2, -0.15) is 13.2 Å². The maximum absolute atomic E-state index is 12.5. The number of carbonyl (C=O) groups excluding carboxylic acids is 1. The summed E-state index contributed by atoms with van der Waals surface area (Å²) in [5.41, 5.74) is 2.02. The van der Waals surface area contributed by atoms with Gasteiger partial charge in [0.05, 0.1) is 29.6 Å². The molecule has 0 aromatic carbocycles. The van der Waals surface area contributed by atoms with Gasteiger partial charge in [-0.3, -0.25) is 4.79 Å². The number of fused-ring (bicyclic) bond motifs is 1. The second-order valence-electron chi connectivity index (χ2n) is 14.6. The standard InChI is InChI=1S/C33H50F3N7O5S2Si/c1-22(2)41-48-24-15-26(47-25(24)17-46-51(10,11)31(3,4)5)43-16-23(27-28(40-20-42(8)9)38-19-39-29(27)43)13-12-14-45-21-49-50-32(6,7)18-37-30(44)33(34,35)36/h16,19-20,24-26H,14-15,17-18,21H2,1-11H3,(H,37,44)/t24-,25-,26-/m1/s1. The highest BCUT2D eigenvalue weighted by Gasteiger charge is 2.43. The predicted molar refractivity (Wildman–Crippen MR) is 201 cm³/mol. The van der Waals surface area contributed by atoms with Crippen LogP contribution in [0.5, 0.6) is 0 Å². The average Bonchev–Trinajstić information content (AvgIpc) is 3.60. The molecule has 1 saturated heterocycles. The quantitative estimate of drug-likeness (QED) is 0.0299. The van der Waals surface area contributed by atoms with Gasteiger partial charge in [-0.05, 0) is 45.8 Å². The Labute approximate surface area is 307 Å². The summed E-state index contributed by atoms with van der Waals surface area (Å²) in [5, 5.41) is 6.85. The molecule has 0 spiro atoms. The molecule has 51 heavy (non-hydrogen) atoms. The van der Waals surface area contributed by atoms with Crippen molar-refractivity contribution >= 4 is 64.7 Å². The minimum atomic E-state index is -4.92. The molecule has 1 aliphatic rings. The summed E-state index contributed by atoms with van der Waals surface area (Å²) in [4.78, 5) is 32.5. The number of ether oxygens (including phenoxy) is 2. The molecule has 1 fully saturated rings. The van der Waals surface area contributed by atoms with Crippen molar-refractivity contribution in [1.29, 1.82) is 0 Å². The molecule has 0 aliphatic carbocycles. The van der Waals surface area contributed by atoms with Crippen LogP contribution in [0.3, 0.4) is 0 Å². The molecule has 0 radical (unpaired) electrons. The average molecular weight is 774 g/mol. The molecule has 3 rings (SSSR count). The van der Waals surface area contributed by atoms with Crippen LogP contribution >= 0.6 is 21.6 Å². The van der Waals surface area contributed by atoms with Crippen LogP contribution in [0.15, 0.2) is 22.7 Å². The lowest BCUT2D eigenvalue weighted by Gasteiger charge is -2.37. The van der Waals surface area contributed by atoms with Crippen molar-refractivity contribution in [2.24, 2.45) is 10.1 Å². The molecular formula is C33H50F3N7O5S2Si. The fourth-order valence-corrected chi connectivity index (χ4v) is 7.47. The largest absolute Gasteiger partial charge is 0.471 e. The highest BCUT2D eigenvalue weighted by Crippen LogP contribution is 2.40. The number of nitrogens with one attached hydrogen (secondary N) is 1. The Kier molecular flexibility index (Phi) is 14.9. The van der Waals surface area contributed by atoms with E-state index in [4.69, 9.17) is 18.7 Å². The smallest absolute Gasteiger partial charge is 0.414 e. The van der Waals surface area contributed by atoms with Gasteiger partial charge in [0, 0.05) is 38.0 Å². The number of hydrogen-bond donors (Lipinski definition) is 1. The fraction of sp³-hybridized carbons (Fsp3) is 0.667. The Hall–Kier alpha value is -2.82. The van der Waals surface area contributed by atoms with Gasteiger partial charge in [0.15, 0.2) is 20.2 Å². The maximum atomic E-state index is 12.5. The van der Waals surface area contributed by atoms with Crippen LogP contribution in [0.1, 0.15) is 66.7 Å². The van der Waals surface area contributed by atoms with Crippen LogP contribution in [0, 0.1) is 11.8 Å². The minimum Gasteiger partial charge on any atom is -0.414 e. The second-order valence-corrected chi connectivity index (χ2v) is 22.3. The highest BCUT2D eigenvalue weighted by atomic mass is 33.1. The van der Waals surface area contributed by atoms with Crippen molar-refractivity contribution < 1.29 is 36.7 Å². The Balaban J connectivity index is 1.80. The number of alkyl halides is 3. The first-order valence-corrected chi connectivity index (χ1v) is 21.6. The summed E-state index contributed by atoms with van der Waals surface area (Å²) in [6, 6.07) is 0. The summed E-state index contributed by atoms with van der Waals surface area (Å²) in [6.07, 6.45) is -0.629. The number of nitrogens with zero attached hydrogens (tertiary/aromatic N) is 6. The zero-order valence-corrected chi connectivity index (χ0v) is 33.8. The number of aromatic nitrogens is 3. The summed E-state index contributed by atoms with van der Waals surface area (Å²) in [6.45, 7) is 18.5. The third-order valence-electron chi connectivity index (χ3n) is 8.02. The fourth-order valence-electron chi connectivity index (χ4n) is 4.33. The minimum absolute atomic E-state index is 0.0285. The molecule has 284 valence electrons. The monoisotopic (exact) mass is 773 g/mol. The normalized spacial score (nSPS) is 18.5. The third-order valence-corrected chi connectivity index (χ3v) is 15.5. The molecule has 2 aromatic heterocycles. The zero-order valence-electron chi connectivity index (χ0n) is 31.2. The van der Waals surface area contributed by atoms with Crippen molar-refractivity contribution in [2.45, 2.75) is 102 Å². The molecule has 18 heteroatoms. The molecule has 0 bridgehead atoms. The third kappa shape index (κ3) is 12.7. The van der Waals surface area contributed by atoms with E-state index >= 15 is 0 Å². The number of aliphatic imine (C=N–C) groups is 1. The molecular weight excluding hydrogens is 724 g/mol. The molecule has 1 aliphatic heterocycles. The van der Waals surface area contributed by atoms with Crippen LogP contribution in [0.25, 0.3) is 11.0 Å². The van der Waals surface area contributed by atoms with Gasteiger partial charge < -0.3 is 33.5 Å². The van der Waals surface area contributed by atoms with E-state index in [1.54, 1.807) is 25.1 Å². The van der Waals surface area contributed by atoms with Gasteiger partial charge in [-0.1, -0.05) is 59.4 Å². The van der Waals surface area contributed by atoms with Crippen molar-refractivity contribution in [3.8, 4) is 11.8 Å². The molecule has 12 nitrogen and oxygen atoms in total. The number of hydrogen-bond acceptors (Lipinski definition) is 11. The molecule has 0 saturated carbocycles. The van der Waals surface area contributed by atoms with E-state index in [1.165, 1.54) is 27.9 Å². The zero-order chi connectivity index (χ0) is 38.2. The first-order chi connectivity index (χ1) is 23.6. The van der Waals surface area contributed by atoms with E-state index in [0.717, 1.165) is 5.71 Å². The van der Waals surface area contributed by atoms with Crippen LogP contribution in [0.4, 0.5) is 19.0 Å². The topological polar surface area (TPSA) is 125 Å².